The van der Waals surface area contributed by atoms with Gasteiger partial charge in [0, 0.05) is 50.9 Å². The molecule has 0 radical (unpaired) electrons. The van der Waals surface area contributed by atoms with Crippen molar-refractivity contribution in [1.29, 1.82) is 0 Å². The van der Waals surface area contributed by atoms with E-state index >= 15 is 0 Å². The number of aromatic nitrogens is 1. The molecule has 0 amide bonds. The van der Waals surface area contributed by atoms with Crippen LogP contribution in [0.25, 0.3) is 0 Å². The van der Waals surface area contributed by atoms with E-state index in [2.05, 4.69) is 19.8 Å². The smallest absolute Gasteiger partial charge is 0.191 e. The number of nitrogens with zero attached hydrogens (tertiary/aromatic N) is 4. The van der Waals surface area contributed by atoms with E-state index < -0.39 is 0 Å². The molecule has 3 rings (SSSR count). The molecule has 2 heterocycles. The van der Waals surface area contributed by atoms with Crippen molar-refractivity contribution < 1.29 is 9.47 Å². The van der Waals surface area contributed by atoms with Gasteiger partial charge in [0.2, 0.25) is 0 Å². The first-order valence-electron chi connectivity index (χ1n) is 9.16. The predicted octanol–water partition coefficient (Wildman–Crippen LogP) is 2.20. The third kappa shape index (κ3) is 5.83. The van der Waals surface area contributed by atoms with Gasteiger partial charge in [-0.25, -0.2) is 4.98 Å². The Balaban J connectivity index is 1.30. The third-order valence-electron chi connectivity index (χ3n) is 4.44. The van der Waals surface area contributed by atoms with Gasteiger partial charge in [0.15, 0.2) is 11.1 Å². The molecule has 0 atom stereocenters. The van der Waals surface area contributed by atoms with Crippen molar-refractivity contribution in [2.45, 2.75) is 13.0 Å². The molecule has 1 aliphatic heterocycles. The highest BCUT2D eigenvalue weighted by atomic mass is 32.1. The summed E-state index contributed by atoms with van der Waals surface area (Å²) in [5.74, 6) is 1.49. The summed E-state index contributed by atoms with van der Waals surface area (Å²) in [6.45, 7) is 5.55. The Morgan fingerprint density at radius 3 is 2.67 bits per heavy atom. The number of rotatable bonds is 8. The first-order valence-corrected chi connectivity index (χ1v) is 10.0. The number of hydrogen-bond acceptors (Lipinski definition) is 6. The number of thiazole rings is 1. The number of hydrogen-bond donors (Lipinski definition) is 1. The number of methoxy groups -OCH3 is 1. The van der Waals surface area contributed by atoms with E-state index in [0.29, 0.717) is 25.7 Å². The molecule has 1 aromatic carbocycles. The molecule has 27 heavy (non-hydrogen) atoms. The van der Waals surface area contributed by atoms with Crippen molar-refractivity contribution >= 4 is 22.4 Å². The van der Waals surface area contributed by atoms with Gasteiger partial charge < -0.3 is 25.0 Å². The molecular formula is C19H27N5O2S. The summed E-state index contributed by atoms with van der Waals surface area (Å²) >= 11 is 1.68. The minimum atomic E-state index is 0.599. The van der Waals surface area contributed by atoms with Gasteiger partial charge in [-0.3, -0.25) is 4.99 Å². The van der Waals surface area contributed by atoms with Crippen LogP contribution >= 0.6 is 11.3 Å². The van der Waals surface area contributed by atoms with Crippen LogP contribution in [0.1, 0.15) is 12.0 Å². The van der Waals surface area contributed by atoms with Gasteiger partial charge in [0.05, 0.1) is 13.7 Å². The molecule has 1 fully saturated rings. The Labute approximate surface area is 164 Å². The Hall–Kier alpha value is -2.32. The molecule has 0 saturated carbocycles. The number of piperazine rings is 1. The summed E-state index contributed by atoms with van der Waals surface area (Å²) in [6, 6.07) is 7.91. The van der Waals surface area contributed by atoms with Crippen LogP contribution in [0.15, 0.2) is 40.8 Å². The first-order chi connectivity index (χ1) is 13.3. The maximum absolute atomic E-state index is 6.14. The van der Waals surface area contributed by atoms with E-state index in [9.17, 15) is 0 Å². The summed E-state index contributed by atoms with van der Waals surface area (Å²) in [7, 11) is 1.67. The Kier molecular flexibility index (Phi) is 7.29. The zero-order chi connectivity index (χ0) is 18.9. The number of anilines is 1. The normalized spacial score (nSPS) is 15.2. The summed E-state index contributed by atoms with van der Waals surface area (Å²) in [5, 5.41) is 3.09. The number of benzene rings is 1. The fourth-order valence-corrected chi connectivity index (χ4v) is 3.57. The maximum atomic E-state index is 6.14. The summed E-state index contributed by atoms with van der Waals surface area (Å²) in [6.07, 6.45) is 2.70. The predicted molar refractivity (Wildman–Crippen MR) is 110 cm³/mol. The van der Waals surface area contributed by atoms with Crippen LogP contribution in [-0.4, -0.2) is 62.3 Å². The first kappa shape index (κ1) is 19.4. The quantitative estimate of drug-likeness (QED) is 0.424. The maximum Gasteiger partial charge on any atom is 0.191 e. The highest BCUT2D eigenvalue weighted by Gasteiger charge is 2.19. The van der Waals surface area contributed by atoms with Crippen LogP contribution in [0.2, 0.25) is 0 Å². The fourth-order valence-electron chi connectivity index (χ4n) is 2.87. The van der Waals surface area contributed by atoms with Crippen molar-refractivity contribution in [1.82, 2.24) is 9.88 Å². The number of nitrogens with two attached hydrogens (primary N) is 1. The molecule has 0 aliphatic carbocycles. The van der Waals surface area contributed by atoms with E-state index in [1.54, 1.807) is 18.4 Å². The van der Waals surface area contributed by atoms with Gasteiger partial charge in [0.1, 0.15) is 5.75 Å². The third-order valence-corrected chi connectivity index (χ3v) is 5.27. The standard InChI is InChI=1S/C19H27N5O2S/c1-25-17-5-3-16(4-6-17)15-26-13-2-7-21-18(20)23-9-11-24(12-10-23)19-22-8-14-27-19/h3-6,8,14H,2,7,9-13,15H2,1H3,(H2,20,21). The van der Waals surface area contributed by atoms with Crippen molar-refractivity contribution in [2.75, 3.05) is 51.3 Å². The summed E-state index contributed by atoms with van der Waals surface area (Å²) in [4.78, 5) is 13.3. The number of ether oxygens (including phenoxy) is 2. The SMILES string of the molecule is COc1ccc(COCCCN=C(N)N2CCN(c3nccs3)CC2)cc1. The lowest BCUT2D eigenvalue weighted by Gasteiger charge is -2.35. The lowest BCUT2D eigenvalue weighted by molar-refractivity contribution is 0.120. The van der Waals surface area contributed by atoms with Crippen LogP contribution in [-0.2, 0) is 11.3 Å². The molecule has 2 aromatic rings. The van der Waals surface area contributed by atoms with Crippen LogP contribution in [0.4, 0.5) is 5.13 Å². The molecule has 2 N–H and O–H groups in total. The molecule has 0 unspecified atom stereocenters. The zero-order valence-corrected chi connectivity index (χ0v) is 16.5. The Morgan fingerprint density at radius 1 is 1.22 bits per heavy atom. The van der Waals surface area contributed by atoms with E-state index in [0.717, 1.165) is 49.0 Å². The van der Waals surface area contributed by atoms with E-state index in [4.69, 9.17) is 15.2 Å². The fraction of sp³-hybridized carbons (Fsp3) is 0.474. The monoisotopic (exact) mass is 389 g/mol. The van der Waals surface area contributed by atoms with Gasteiger partial charge in [-0.1, -0.05) is 12.1 Å². The second-order valence-electron chi connectivity index (χ2n) is 6.28. The molecule has 146 valence electrons. The molecule has 8 heteroatoms. The number of aliphatic imine (C=N–C) groups is 1. The highest BCUT2D eigenvalue weighted by molar-refractivity contribution is 7.13. The van der Waals surface area contributed by atoms with E-state index in [-0.39, 0.29) is 0 Å². The van der Waals surface area contributed by atoms with E-state index in [1.807, 2.05) is 35.8 Å². The zero-order valence-electron chi connectivity index (χ0n) is 15.7. The van der Waals surface area contributed by atoms with E-state index in [1.165, 1.54) is 0 Å². The molecular weight excluding hydrogens is 362 g/mol. The molecule has 1 saturated heterocycles. The highest BCUT2D eigenvalue weighted by Crippen LogP contribution is 2.18. The van der Waals surface area contributed by atoms with Crippen molar-refractivity contribution in [2.24, 2.45) is 10.7 Å². The Bertz CT molecular complexity index is 697. The van der Waals surface area contributed by atoms with Crippen molar-refractivity contribution in [3.8, 4) is 5.75 Å². The van der Waals surface area contributed by atoms with Gasteiger partial charge in [0.25, 0.3) is 0 Å². The topological polar surface area (TPSA) is 76.2 Å². The van der Waals surface area contributed by atoms with Crippen LogP contribution in [0.3, 0.4) is 0 Å². The van der Waals surface area contributed by atoms with Gasteiger partial charge in [-0.15, -0.1) is 11.3 Å². The van der Waals surface area contributed by atoms with Crippen LogP contribution in [0, 0.1) is 0 Å². The van der Waals surface area contributed by atoms with Crippen molar-refractivity contribution in [3.05, 3.63) is 41.4 Å². The number of guanidine groups is 1. The Morgan fingerprint density at radius 2 is 2.00 bits per heavy atom. The molecule has 1 aromatic heterocycles. The second kappa shape index (κ2) is 10.1. The summed E-state index contributed by atoms with van der Waals surface area (Å²) < 4.78 is 10.8. The molecule has 0 bridgehead atoms. The van der Waals surface area contributed by atoms with Gasteiger partial charge in [-0.2, -0.15) is 0 Å². The largest absolute Gasteiger partial charge is 0.497 e. The van der Waals surface area contributed by atoms with Gasteiger partial charge >= 0.3 is 0 Å². The second-order valence-corrected chi connectivity index (χ2v) is 7.16. The lowest BCUT2D eigenvalue weighted by atomic mass is 10.2. The minimum absolute atomic E-state index is 0.599. The van der Waals surface area contributed by atoms with Crippen LogP contribution in [0.5, 0.6) is 5.75 Å². The molecule has 0 spiro atoms. The van der Waals surface area contributed by atoms with Crippen LogP contribution < -0.4 is 15.4 Å². The van der Waals surface area contributed by atoms with Gasteiger partial charge in [-0.05, 0) is 24.1 Å². The average Bonchev–Trinajstić information content (AvgIpc) is 3.26. The minimum Gasteiger partial charge on any atom is -0.497 e. The average molecular weight is 390 g/mol. The molecule has 1 aliphatic rings. The lowest BCUT2D eigenvalue weighted by Crippen LogP contribution is -2.51. The summed E-state index contributed by atoms with van der Waals surface area (Å²) in [5.41, 5.74) is 7.27. The van der Waals surface area contributed by atoms with Crippen molar-refractivity contribution in [3.63, 3.8) is 0 Å². The molecule has 7 nitrogen and oxygen atoms in total.